The van der Waals surface area contributed by atoms with E-state index < -0.39 is 11.9 Å². The molecule has 0 spiro atoms. The number of hydrogen-bond donors (Lipinski definition) is 2. The molecule has 5 heteroatoms. The van der Waals surface area contributed by atoms with Crippen LogP contribution in [0.15, 0.2) is 18.2 Å². The van der Waals surface area contributed by atoms with E-state index in [-0.39, 0.29) is 12.1 Å². The maximum Gasteiger partial charge on any atom is 0.431 e. The maximum atomic E-state index is 12.8. The van der Waals surface area contributed by atoms with Gasteiger partial charge in [-0.3, -0.25) is 0 Å². The molecule has 1 aromatic carbocycles. The van der Waals surface area contributed by atoms with Crippen molar-refractivity contribution in [1.29, 1.82) is 0 Å². The lowest BCUT2D eigenvalue weighted by Crippen LogP contribution is -2.11. The number of nitrogens with one attached hydrogen (secondary N) is 1. The third-order valence-electron chi connectivity index (χ3n) is 2.87. The van der Waals surface area contributed by atoms with Crippen LogP contribution < -0.4 is 5.73 Å². The van der Waals surface area contributed by atoms with Crippen molar-refractivity contribution in [2.24, 2.45) is 5.73 Å². The molecule has 0 aliphatic rings. The first-order valence-corrected chi connectivity index (χ1v) is 5.38. The average molecular weight is 242 g/mol. The zero-order valence-electron chi connectivity index (χ0n) is 9.36. The van der Waals surface area contributed by atoms with Gasteiger partial charge in [-0.25, -0.2) is 0 Å². The zero-order valence-corrected chi connectivity index (χ0v) is 9.36. The molecule has 2 nitrogen and oxygen atoms in total. The van der Waals surface area contributed by atoms with Gasteiger partial charge in [-0.15, -0.1) is 0 Å². The summed E-state index contributed by atoms with van der Waals surface area (Å²) in [7, 11) is 0. The van der Waals surface area contributed by atoms with Crippen LogP contribution in [0.3, 0.4) is 0 Å². The molecular formula is C12H13F3N2. The third-order valence-corrected chi connectivity index (χ3v) is 2.87. The number of rotatable bonds is 2. The van der Waals surface area contributed by atoms with Crippen LogP contribution in [0.2, 0.25) is 0 Å². The summed E-state index contributed by atoms with van der Waals surface area (Å²) < 4.78 is 38.3. The van der Waals surface area contributed by atoms with Crippen molar-refractivity contribution in [3.05, 3.63) is 35.0 Å². The second kappa shape index (κ2) is 4.07. The Morgan fingerprint density at radius 1 is 1.29 bits per heavy atom. The largest absolute Gasteiger partial charge is 0.431 e. The van der Waals surface area contributed by atoms with Gasteiger partial charge in [0.05, 0.1) is 0 Å². The van der Waals surface area contributed by atoms with Crippen LogP contribution in [0.1, 0.15) is 23.7 Å². The quantitative estimate of drug-likeness (QED) is 0.834. The number of nitrogens with two attached hydrogens (primary N) is 1. The molecule has 0 saturated carbocycles. The lowest BCUT2D eigenvalue weighted by molar-refractivity contribution is -0.141. The van der Waals surface area contributed by atoms with E-state index in [9.17, 15) is 13.2 Å². The molecule has 1 aromatic heterocycles. The van der Waals surface area contributed by atoms with Gasteiger partial charge in [-0.05, 0) is 24.1 Å². The van der Waals surface area contributed by atoms with Crippen molar-refractivity contribution < 1.29 is 13.2 Å². The first kappa shape index (κ1) is 12.0. The summed E-state index contributed by atoms with van der Waals surface area (Å²) in [6.07, 6.45) is -3.60. The SMILES string of the molecule is CCc1ccc2[nH]c(C(F)(F)F)c(CN)c2c1. The molecule has 0 bridgehead atoms. The summed E-state index contributed by atoms with van der Waals surface area (Å²) in [5.74, 6) is 0. The Morgan fingerprint density at radius 2 is 2.00 bits per heavy atom. The van der Waals surface area contributed by atoms with Gasteiger partial charge in [-0.2, -0.15) is 13.2 Å². The molecule has 2 rings (SSSR count). The molecule has 0 atom stereocenters. The molecule has 0 aliphatic carbocycles. The number of fused-ring (bicyclic) bond motifs is 1. The average Bonchev–Trinajstić information content (AvgIpc) is 2.65. The molecule has 0 amide bonds. The molecule has 0 saturated heterocycles. The molecule has 92 valence electrons. The van der Waals surface area contributed by atoms with Gasteiger partial charge in [-0.1, -0.05) is 13.0 Å². The number of aromatic amines is 1. The second-order valence-corrected chi connectivity index (χ2v) is 3.91. The number of hydrogen-bond acceptors (Lipinski definition) is 1. The molecule has 1 heterocycles. The minimum atomic E-state index is -4.39. The van der Waals surface area contributed by atoms with E-state index in [1.165, 1.54) is 0 Å². The van der Waals surface area contributed by atoms with Crippen molar-refractivity contribution in [2.45, 2.75) is 26.1 Å². The van der Waals surface area contributed by atoms with Crippen LogP contribution in [0.5, 0.6) is 0 Å². The Morgan fingerprint density at radius 3 is 2.53 bits per heavy atom. The highest BCUT2D eigenvalue weighted by Gasteiger charge is 2.35. The summed E-state index contributed by atoms with van der Waals surface area (Å²) in [4.78, 5) is 2.40. The van der Waals surface area contributed by atoms with Gasteiger partial charge < -0.3 is 10.7 Å². The van der Waals surface area contributed by atoms with Crippen LogP contribution in [-0.4, -0.2) is 4.98 Å². The normalized spacial score (nSPS) is 12.3. The second-order valence-electron chi connectivity index (χ2n) is 3.91. The van der Waals surface area contributed by atoms with Gasteiger partial charge in [0, 0.05) is 23.0 Å². The number of alkyl halides is 3. The topological polar surface area (TPSA) is 41.8 Å². The zero-order chi connectivity index (χ0) is 12.6. The fraction of sp³-hybridized carbons (Fsp3) is 0.333. The Kier molecular flexibility index (Phi) is 2.87. The van der Waals surface area contributed by atoms with E-state index in [1.54, 1.807) is 12.1 Å². The standard InChI is InChI=1S/C12H13F3N2/c1-2-7-3-4-10-8(5-7)9(6-16)11(17-10)12(13,14)15/h3-5,17H,2,6,16H2,1H3. The third kappa shape index (κ3) is 2.02. The summed E-state index contributed by atoms with van der Waals surface area (Å²) >= 11 is 0. The van der Waals surface area contributed by atoms with Crippen molar-refractivity contribution in [3.8, 4) is 0 Å². The van der Waals surface area contributed by atoms with E-state index in [0.717, 1.165) is 12.0 Å². The molecule has 3 N–H and O–H groups in total. The minimum Gasteiger partial charge on any atom is -0.351 e. The molecule has 0 unspecified atom stereocenters. The van der Waals surface area contributed by atoms with Crippen LogP contribution in [-0.2, 0) is 19.1 Å². The van der Waals surface area contributed by atoms with E-state index >= 15 is 0 Å². The van der Waals surface area contributed by atoms with Gasteiger partial charge in [0.15, 0.2) is 0 Å². The Balaban J connectivity index is 2.72. The van der Waals surface area contributed by atoms with Crippen molar-refractivity contribution in [2.75, 3.05) is 0 Å². The summed E-state index contributed by atoms with van der Waals surface area (Å²) in [5, 5.41) is 0.569. The van der Waals surface area contributed by atoms with Crippen LogP contribution >= 0.6 is 0 Å². The van der Waals surface area contributed by atoms with E-state index in [1.807, 2.05) is 13.0 Å². The first-order chi connectivity index (χ1) is 7.97. The van der Waals surface area contributed by atoms with Crippen molar-refractivity contribution in [1.82, 2.24) is 4.98 Å². The molecule has 0 fully saturated rings. The summed E-state index contributed by atoms with van der Waals surface area (Å²) in [5.41, 5.74) is 6.32. The van der Waals surface area contributed by atoms with Crippen molar-refractivity contribution >= 4 is 10.9 Å². The molecule has 17 heavy (non-hydrogen) atoms. The Labute approximate surface area is 96.6 Å². The van der Waals surface area contributed by atoms with Gasteiger partial charge in [0.2, 0.25) is 0 Å². The van der Waals surface area contributed by atoms with E-state index in [0.29, 0.717) is 10.9 Å². The van der Waals surface area contributed by atoms with Gasteiger partial charge >= 0.3 is 6.18 Å². The van der Waals surface area contributed by atoms with Crippen LogP contribution in [0.4, 0.5) is 13.2 Å². The fourth-order valence-corrected chi connectivity index (χ4v) is 1.97. The highest BCUT2D eigenvalue weighted by molar-refractivity contribution is 5.85. The monoisotopic (exact) mass is 242 g/mol. The molecule has 0 aliphatic heterocycles. The van der Waals surface area contributed by atoms with E-state index in [4.69, 9.17) is 5.73 Å². The number of aryl methyl sites for hydroxylation is 1. The predicted molar refractivity (Wildman–Crippen MR) is 60.6 cm³/mol. The van der Waals surface area contributed by atoms with Gasteiger partial charge in [0.25, 0.3) is 0 Å². The molecule has 2 aromatic rings. The molecule has 0 radical (unpaired) electrons. The molecular weight excluding hydrogens is 229 g/mol. The fourth-order valence-electron chi connectivity index (χ4n) is 1.97. The van der Waals surface area contributed by atoms with Crippen LogP contribution in [0.25, 0.3) is 10.9 Å². The number of benzene rings is 1. The lowest BCUT2D eigenvalue weighted by atomic mass is 10.1. The van der Waals surface area contributed by atoms with Gasteiger partial charge in [0.1, 0.15) is 5.69 Å². The van der Waals surface area contributed by atoms with E-state index in [2.05, 4.69) is 4.98 Å². The predicted octanol–water partition coefficient (Wildman–Crippen LogP) is 3.21. The first-order valence-electron chi connectivity index (χ1n) is 5.38. The number of aromatic nitrogens is 1. The summed E-state index contributed by atoms with van der Waals surface area (Å²) in [6, 6.07) is 5.26. The minimum absolute atomic E-state index is 0.123. The Bertz CT molecular complexity index is 540. The number of halogens is 3. The maximum absolute atomic E-state index is 12.8. The van der Waals surface area contributed by atoms with Crippen LogP contribution in [0, 0.1) is 0 Å². The highest BCUT2D eigenvalue weighted by atomic mass is 19.4. The lowest BCUT2D eigenvalue weighted by Gasteiger charge is -2.06. The summed E-state index contributed by atoms with van der Waals surface area (Å²) in [6.45, 7) is 1.84. The van der Waals surface area contributed by atoms with Crippen molar-refractivity contribution in [3.63, 3.8) is 0 Å². The smallest absolute Gasteiger partial charge is 0.351 e. The highest BCUT2D eigenvalue weighted by Crippen LogP contribution is 2.35. The Hall–Kier alpha value is -1.49. The number of H-pyrrole nitrogens is 1.